The summed E-state index contributed by atoms with van der Waals surface area (Å²) in [5.41, 5.74) is 1.15. The van der Waals surface area contributed by atoms with Gasteiger partial charge in [-0.2, -0.15) is 0 Å². The van der Waals surface area contributed by atoms with Crippen LogP contribution in [0.25, 0.3) is 0 Å². The van der Waals surface area contributed by atoms with Gasteiger partial charge in [-0.1, -0.05) is 32.4 Å². The summed E-state index contributed by atoms with van der Waals surface area (Å²) in [6.07, 6.45) is 3.33. The van der Waals surface area contributed by atoms with E-state index in [1.54, 1.807) is 6.07 Å². The van der Waals surface area contributed by atoms with Crippen molar-refractivity contribution >= 4 is 11.1 Å². The van der Waals surface area contributed by atoms with E-state index in [1.807, 2.05) is 18.2 Å². The van der Waals surface area contributed by atoms with Crippen molar-refractivity contribution in [3.8, 4) is 0 Å². The minimum Gasteiger partial charge on any atom is -0.302 e. The standard InChI is InChI=1S/C12H18O2S/c1-10(2)5-3-6-11-7-4-8-12(9-11)15(13)14/h4,7-10H,3,5-6H2,1-2H3,(H,13,14). The smallest absolute Gasteiger partial charge is 0.186 e. The highest BCUT2D eigenvalue weighted by atomic mass is 32.2. The molecular formula is C12H18O2S. The molecule has 1 aromatic rings. The molecule has 0 bridgehead atoms. The quantitative estimate of drug-likeness (QED) is 0.782. The second-order valence-electron chi connectivity index (χ2n) is 4.18. The Labute approximate surface area is 94.0 Å². The normalized spacial score (nSPS) is 13.1. The van der Waals surface area contributed by atoms with Gasteiger partial charge >= 0.3 is 0 Å². The van der Waals surface area contributed by atoms with Gasteiger partial charge in [0.25, 0.3) is 0 Å². The third kappa shape index (κ3) is 4.58. The lowest BCUT2D eigenvalue weighted by Crippen LogP contribution is -1.93. The average molecular weight is 226 g/mol. The van der Waals surface area contributed by atoms with Crippen LogP contribution >= 0.6 is 0 Å². The molecule has 0 radical (unpaired) electrons. The van der Waals surface area contributed by atoms with Crippen LogP contribution in [-0.2, 0) is 17.5 Å². The van der Waals surface area contributed by atoms with Gasteiger partial charge < -0.3 is 4.55 Å². The van der Waals surface area contributed by atoms with E-state index in [0.717, 1.165) is 24.3 Å². The van der Waals surface area contributed by atoms with E-state index in [1.165, 1.54) is 6.42 Å². The summed E-state index contributed by atoms with van der Waals surface area (Å²) in [7, 11) is 0. The molecule has 2 nitrogen and oxygen atoms in total. The summed E-state index contributed by atoms with van der Waals surface area (Å²) in [6, 6.07) is 7.35. The third-order valence-electron chi connectivity index (χ3n) is 2.35. The maximum Gasteiger partial charge on any atom is 0.186 e. The Kier molecular flexibility index (Phi) is 4.99. The molecule has 0 fully saturated rings. The van der Waals surface area contributed by atoms with Gasteiger partial charge in [-0.25, -0.2) is 4.21 Å². The van der Waals surface area contributed by atoms with Gasteiger partial charge in [0.15, 0.2) is 11.1 Å². The molecule has 0 saturated carbocycles. The SMILES string of the molecule is CC(C)CCCc1cccc(S(=O)O)c1. The van der Waals surface area contributed by atoms with E-state index in [0.29, 0.717) is 4.90 Å². The predicted molar refractivity (Wildman–Crippen MR) is 63.3 cm³/mol. The molecule has 0 spiro atoms. The largest absolute Gasteiger partial charge is 0.302 e. The first-order valence-corrected chi connectivity index (χ1v) is 6.40. The molecule has 0 aliphatic carbocycles. The molecule has 0 heterocycles. The summed E-state index contributed by atoms with van der Waals surface area (Å²) in [5, 5.41) is 0. The highest BCUT2D eigenvalue weighted by Crippen LogP contribution is 2.13. The fraction of sp³-hybridized carbons (Fsp3) is 0.500. The van der Waals surface area contributed by atoms with Crippen molar-refractivity contribution in [2.75, 3.05) is 0 Å². The van der Waals surface area contributed by atoms with Gasteiger partial charge in [0.1, 0.15) is 0 Å². The van der Waals surface area contributed by atoms with Crippen molar-refractivity contribution < 1.29 is 8.76 Å². The van der Waals surface area contributed by atoms with E-state index < -0.39 is 11.1 Å². The molecule has 0 amide bonds. The molecule has 1 unspecified atom stereocenters. The zero-order chi connectivity index (χ0) is 11.3. The maximum absolute atomic E-state index is 10.8. The van der Waals surface area contributed by atoms with Crippen molar-refractivity contribution in [1.82, 2.24) is 0 Å². The molecular weight excluding hydrogens is 208 g/mol. The summed E-state index contributed by atoms with van der Waals surface area (Å²) in [6.45, 7) is 4.42. The van der Waals surface area contributed by atoms with Crippen LogP contribution in [0.1, 0.15) is 32.3 Å². The zero-order valence-electron chi connectivity index (χ0n) is 9.27. The van der Waals surface area contributed by atoms with Gasteiger partial charge in [-0.05, 0) is 36.5 Å². The molecule has 1 aromatic carbocycles. The highest BCUT2D eigenvalue weighted by molar-refractivity contribution is 7.79. The molecule has 15 heavy (non-hydrogen) atoms. The van der Waals surface area contributed by atoms with Gasteiger partial charge in [0, 0.05) is 0 Å². The van der Waals surface area contributed by atoms with Crippen LogP contribution in [0.15, 0.2) is 29.2 Å². The monoisotopic (exact) mass is 226 g/mol. The molecule has 1 rings (SSSR count). The number of benzene rings is 1. The van der Waals surface area contributed by atoms with Crippen molar-refractivity contribution in [3.05, 3.63) is 29.8 Å². The first-order valence-electron chi connectivity index (χ1n) is 5.29. The number of rotatable bonds is 5. The van der Waals surface area contributed by atoms with Gasteiger partial charge in [-0.15, -0.1) is 0 Å². The lowest BCUT2D eigenvalue weighted by Gasteiger charge is -2.05. The number of hydrogen-bond donors (Lipinski definition) is 1. The second-order valence-corrected chi connectivity index (χ2v) is 5.15. The van der Waals surface area contributed by atoms with Crippen LogP contribution in [0, 0.1) is 5.92 Å². The third-order valence-corrected chi connectivity index (χ3v) is 3.00. The number of aryl methyl sites for hydroxylation is 1. The van der Waals surface area contributed by atoms with Gasteiger partial charge in [0.2, 0.25) is 0 Å². The van der Waals surface area contributed by atoms with Gasteiger partial charge in [-0.3, -0.25) is 0 Å². The number of hydrogen-bond acceptors (Lipinski definition) is 1. The fourth-order valence-corrected chi connectivity index (χ4v) is 1.97. The molecule has 0 saturated heterocycles. The summed E-state index contributed by atoms with van der Waals surface area (Å²) in [5.74, 6) is 0.722. The van der Waals surface area contributed by atoms with Crippen LogP contribution in [0.4, 0.5) is 0 Å². The Morgan fingerprint density at radius 3 is 2.73 bits per heavy atom. The predicted octanol–water partition coefficient (Wildman–Crippen LogP) is 3.25. The fourth-order valence-electron chi connectivity index (χ4n) is 1.52. The van der Waals surface area contributed by atoms with Crippen molar-refractivity contribution in [2.45, 2.75) is 38.0 Å². The summed E-state index contributed by atoms with van der Waals surface area (Å²) < 4.78 is 19.8. The molecule has 1 atom stereocenters. The van der Waals surface area contributed by atoms with Crippen LogP contribution in [-0.4, -0.2) is 8.76 Å². The van der Waals surface area contributed by atoms with Crippen LogP contribution in [0.5, 0.6) is 0 Å². The van der Waals surface area contributed by atoms with E-state index in [2.05, 4.69) is 13.8 Å². The molecule has 84 valence electrons. The highest BCUT2D eigenvalue weighted by Gasteiger charge is 2.01. The van der Waals surface area contributed by atoms with Gasteiger partial charge in [0.05, 0.1) is 4.90 Å². The molecule has 0 aliphatic heterocycles. The zero-order valence-corrected chi connectivity index (χ0v) is 10.1. The molecule has 3 heteroatoms. The van der Waals surface area contributed by atoms with Crippen LogP contribution in [0.2, 0.25) is 0 Å². The minimum atomic E-state index is -1.85. The maximum atomic E-state index is 10.8. The Bertz CT molecular complexity index is 334. The van der Waals surface area contributed by atoms with E-state index in [-0.39, 0.29) is 0 Å². The second kappa shape index (κ2) is 6.03. The molecule has 1 N–H and O–H groups in total. The Balaban J connectivity index is 2.54. The lowest BCUT2D eigenvalue weighted by atomic mass is 10.0. The van der Waals surface area contributed by atoms with Crippen LogP contribution in [0.3, 0.4) is 0 Å². The van der Waals surface area contributed by atoms with Crippen molar-refractivity contribution in [2.24, 2.45) is 5.92 Å². The topological polar surface area (TPSA) is 37.3 Å². The Hall–Kier alpha value is -0.670. The van der Waals surface area contributed by atoms with E-state index in [9.17, 15) is 4.21 Å². The Morgan fingerprint density at radius 2 is 2.13 bits per heavy atom. The van der Waals surface area contributed by atoms with Crippen LogP contribution < -0.4 is 0 Å². The summed E-state index contributed by atoms with van der Waals surface area (Å²) in [4.78, 5) is 0.497. The first-order chi connectivity index (χ1) is 7.09. The molecule has 0 aliphatic rings. The average Bonchev–Trinajstić information content (AvgIpc) is 2.17. The van der Waals surface area contributed by atoms with Crippen molar-refractivity contribution in [1.29, 1.82) is 0 Å². The van der Waals surface area contributed by atoms with E-state index >= 15 is 0 Å². The first kappa shape index (κ1) is 12.4. The lowest BCUT2D eigenvalue weighted by molar-refractivity contribution is 0.554. The van der Waals surface area contributed by atoms with Crippen molar-refractivity contribution in [3.63, 3.8) is 0 Å². The minimum absolute atomic E-state index is 0.497. The summed E-state index contributed by atoms with van der Waals surface area (Å²) >= 11 is -1.85. The Morgan fingerprint density at radius 1 is 1.40 bits per heavy atom. The molecule has 0 aromatic heterocycles. The van der Waals surface area contributed by atoms with E-state index in [4.69, 9.17) is 4.55 Å².